The van der Waals surface area contributed by atoms with Gasteiger partial charge in [0.2, 0.25) is 0 Å². The molecule has 0 atom stereocenters. The molecule has 14 heavy (non-hydrogen) atoms. The van der Waals surface area contributed by atoms with Gasteiger partial charge in [-0.05, 0) is 11.6 Å². The molecule has 0 heterocycles. The molecule has 0 amide bonds. The molecule has 1 N–H and O–H groups in total. The lowest BCUT2D eigenvalue weighted by molar-refractivity contribution is -0.138. The van der Waals surface area contributed by atoms with E-state index >= 15 is 0 Å². The number of aliphatic hydroxyl groups is 1. The summed E-state index contributed by atoms with van der Waals surface area (Å²) in [5.74, 6) is -0.442. The Morgan fingerprint density at radius 3 is 2.71 bits per heavy atom. The Bertz CT molecular complexity index is 304. The summed E-state index contributed by atoms with van der Waals surface area (Å²) in [6, 6.07) is 9.45. The van der Waals surface area contributed by atoms with E-state index in [1.165, 1.54) is 6.08 Å². The third-order valence-electron chi connectivity index (χ3n) is 1.55. The highest BCUT2D eigenvalue weighted by Crippen LogP contribution is 2.00. The predicted octanol–water partition coefficient (Wildman–Crippen LogP) is 1.24. The Morgan fingerprint density at radius 1 is 1.36 bits per heavy atom. The van der Waals surface area contributed by atoms with Crippen LogP contribution in [-0.4, -0.2) is 24.3 Å². The standard InChI is InChI=1S/C11H12O3/c12-8-9-14-11(13)7-6-10-4-2-1-3-5-10/h1-7,12H,8-9H2/b7-6+. The fourth-order valence-corrected chi connectivity index (χ4v) is 0.923. The summed E-state index contributed by atoms with van der Waals surface area (Å²) in [4.78, 5) is 11.0. The van der Waals surface area contributed by atoms with Gasteiger partial charge in [-0.15, -0.1) is 0 Å². The number of carbonyl (C=O) groups excluding carboxylic acids is 1. The molecular weight excluding hydrogens is 180 g/mol. The zero-order valence-electron chi connectivity index (χ0n) is 7.72. The first-order valence-corrected chi connectivity index (χ1v) is 4.33. The second kappa shape index (κ2) is 5.94. The maximum atomic E-state index is 11.0. The van der Waals surface area contributed by atoms with Crippen molar-refractivity contribution in [2.24, 2.45) is 0 Å². The summed E-state index contributed by atoms with van der Waals surface area (Å²) < 4.78 is 4.64. The van der Waals surface area contributed by atoms with Gasteiger partial charge in [-0.2, -0.15) is 0 Å². The summed E-state index contributed by atoms with van der Waals surface area (Å²) in [5.41, 5.74) is 0.938. The molecule has 0 unspecified atom stereocenters. The van der Waals surface area contributed by atoms with Crippen molar-refractivity contribution in [3.05, 3.63) is 42.0 Å². The van der Waals surface area contributed by atoms with E-state index in [9.17, 15) is 4.79 Å². The van der Waals surface area contributed by atoms with Gasteiger partial charge in [0, 0.05) is 6.08 Å². The number of benzene rings is 1. The monoisotopic (exact) mass is 192 g/mol. The molecule has 0 aliphatic rings. The molecule has 74 valence electrons. The zero-order valence-corrected chi connectivity index (χ0v) is 7.72. The second-order valence-corrected chi connectivity index (χ2v) is 2.64. The SMILES string of the molecule is O=C(/C=C/c1ccccc1)OCCO. The van der Waals surface area contributed by atoms with E-state index in [1.54, 1.807) is 6.08 Å². The molecular formula is C11H12O3. The van der Waals surface area contributed by atoms with Crippen molar-refractivity contribution in [2.45, 2.75) is 0 Å². The van der Waals surface area contributed by atoms with Crippen molar-refractivity contribution in [1.29, 1.82) is 0 Å². The predicted molar refractivity (Wildman–Crippen MR) is 53.5 cm³/mol. The molecule has 1 aromatic rings. The fourth-order valence-electron chi connectivity index (χ4n) is 0.923. The molecule has 3 nitrogen and oxygen atoms in total. The summed E-state index contributed by atoms with van der Waals surface area (Å²) >= 11 is 0. The molecule has 0 aliphatic carbocycles. The van der Waals surface area contributed by atoms with Gasteiger partial charge in [0.05, 0.1) is 6.61 Å². The van der Waals surface area contributed by atoms with Crippen molar-refractivity contribution in [3.8, 4) is 0 Å². The van der Waals surface area contributed by atoms with Gasteiger partial charge in [-0.25, -0.2) is 4.79 Å². The number of aliphatic hydroxyl groups excluding tert-OH is 1. The Kier molecular flexibility index (Phi) is 4.44. The molecule has 0 saturated carbocycles. The Morgan fingerprint density at radius 2 is 2.07 bits per heavy atom. The van der Waals surface area contributed by atoms with Crippen LogP contribution in [0, 0.1) is 0 Å². The van der Waals surface area contributed by atoms with Crippen molar-refractivity contribution < 1.29 is 14.6 Å². The average Bonchev–Trinajstić information content (AvgIpc) is 2.25. The van der Waals surface area contributed by atoms with Gasteiger partial charge in [-0.1, -0.05) is 30.3 Å². The second-order valence-electron chi connectivity index (χ2n) is 2.64. The first kappa shape index (κ1) is 10.5. The van der Waals surface area contributed by atoms with Crippen molar-refractivity contribution in [2.75, 3.05) is 13.2 Å². The van der Waals surface area contributed by atoms with Crippen LogP contribution >= 0.6 is 0 Å². The van der Waals surface area contributed by atoms with Crippen LogP contribution in [0.5, 0.6) is 0 Å². The van der Waals surface area contributed by atoms with Crippen LogP contribution in [0.4, 0.5) is 0 Å². The molecule has 1 aromatic carbocycles. The summed E-state index contributed by atoms with van der Waals surface area (Å²) in [7, 11) is 0. The number of rotatable bonds is 4. The first-order chi connectivity index (χ1) is 6.83. The Hall–Kier alpha value is -1.61. The van der Waals surface area contributed by atoms with Gasteiger partial charge in [0.25, 0.3) is 0 Å². The van der Waals surface area contributed by atoms with Crippen LogP contribution < -0.4 is 0 Å². The summed E-state index contributed by atoms with van der Waals surface area (Å²) in [5, 5.41) is 8.40. The van der Waals surface area contributed by atoms with Crippen LogP contribution in [0.1, 0.15) is 5.56 Å². The van der Waals surface area contributed by atoms with Crippen LogP contribution in [-0.2, 0) is 9.53 Å². The average molecular weight is 192 g/mol. The van der Waals surface area contributed by atoms with E-state index in [0.717, 1.165) is 5.56 Å². The smallest absolute Gasteiger partial charge is 0.330 e. The zero-order chi connectivity index (χ0) is 10.2. The van der Waals surface area contributed by atoms with Crippen LogP contribution in [0.25, 0.3) is 6.08 Å². The Balaban J connectivity index is 2.44. The van der Waals surface area contributed by atoms with Crippen molar-refractivity contribution in [1.82, 2.24) is 0 Å². The molecule has 1 rings (SSSR count). The van der Waals surface area contributed by atoms with Crippen LogP contribution in [0.15, 0.2) is 36.4 Å². The first-order valence-electron chi connectivity index (χ1n) is 4.33. The van der Waals surface area contributed by atoms with E-state index in [1.807, 2.05) is 30.3 Å². The minimum Gasteiger partial charge on any atom is -0.460 e. The molecule has 0 spiro atoms. The summed E-state index contributed by atoms with van der Waals surface area (Å²) in [6.45, 7) is -0.108. The molecule has 0 aromatic heterocycles. The van der Waals surface area contributed by atoms with Gasteiger partial charge < -0.3 is 9.84 Å². The minimum absolute atomic E-state index is 0.0396. The topological polar surface area (TPSA) is 46.5 Å². The number of hydrogen-bond acceptors (Lipinski definition) is 3. The van der Waals surface area contributed by atoms with Crippen molar-refractivity contribution in [3.63, 3.8) is 0 Å². The lowest BCUT2D eigenvalue weighted by Gasteiger charge is -1.96. The minimum atomic E-state index is -0.442. The molecule has 0 fully saturated rings. The van der Waals surface area contributed by atoms with Gasteiger partial charge in [-0.3, -0.25) is 0 Å². The maximum Gasteiger partial charge on any atom is 0.330 e. The number of esters is 1. The van der Waals surface area contributed by atoms with Crippen LogP contribution in [0.2, 0.25) is 0 Å². The third-order valence-corrected chi connectivity index (χ3v) is 1.55. The van der Waals surface area contributed by atoms with Gasteiger partial charge in [0.15, 0.2) is 0 Å². The molecule has 0 radical (unpaired) electrons. The molecule has 0 bridgehead atoms. The molecule has 0 saturated heterocycles. The fraction of sp³-hybridized carbons (Fsp3) is 0.182. The van der Waals surface area contributed by atoms with Crippen molar-refractivity contribution >= 4 is 12.0 Å². The van der Waals surface area contributed by atoms with Gasteiger partial charge >= 0.3 is 5.97 Å². The van der Waals surface area contributed by atoms with Gasteiger partial charge in [0.1, 0.15) is 6.61 Å². The van der Waals surface area contributed by atoms with E-state index in [0.29, 0.717) is 0 Å². The summed E-state index contributed by atoms with van der Waals surface area (Å²) in [6.07, 6.45) is 3.00. The quantitative estimate of drug-likeness (QED) is 0.576. The number of carbonyl (C=O) groups is 1. The highest BCUT2D eigenvalue weighted by Gasteiger charge is 1.94. The molecule has 0 aliphatic heterocycles. The van der Waals surface area contributed by atoms with E-state index < -0.39 is 5.97 Å². The lowest BCUT2D eigenvalue weighted by atomic mass is 10.2. The van der Waals surface area contributed by atoms with Crippen LogP contribution in [0.3, 0.4) is 0 Å². The van der Waals surface area contributed by atoms with E-state index in [4.69, 9.17) is 5.11 Å². The molecule has 3 heteroatoms. The lowest BCUT2D eigenvalue weighted by Crippen LogP contribution is -2.04. The van der Waals surface area contributed by atoms with E-state index in [-0.39, 0.29) is 13.2 Å². The third kappa shape index (κ3) is 3.87. The highest BCUT2D eigenvalue weighted by atomic mass is 16.5. The van der Waals surface area contributed by atoms with E-state index in [2.05, 4.69) is 4.74 Å². The maximum absolute atomic E-state index is 11.0. The Labute approximate surface area is 82.6 Å². The number of ether oxygens (including phenoxy) is 1. The number of hydrogen-bond donors (Lipinski definition) is 1. The normalized spacial score (nSPS) is 10.4. The highest BCUT2D eigenvalue weighted by molar-refractivity contribution is 5.86. The largest absolute Gasteiger partial charge is 0.460 e.